The van der Waals surface area contributed by atoms with E-state index in [2.05, 4.69) is 56.1 Å². The number of para-hydroxylation sites is 1. The minimum absolute atomic E-state index is 0.0470. The molecule has 84 valence electrons. The molecule has 0 saturated carbocycles. The SMILES string of the molecule is CC(=S)C=C1N(C)c2ccccc2C1(C)C. The molecule has 16 heavy (non-hydrogen) atoms. The van der Waals surface area contributed by atoms with Crippen molar-refractivity contribution in [2.45, 2.75) is 26.2 Å². The molecular weight excluding hydrogens is 214 g/mol. The highest BCUT2D eigenvalue weighted by molar-refractivity contribution is 7.80. The molecule has 0 amide bonds. The largest absolute Gasteiger partial charge is 0.347 e. The minimum atomic E-state index is 0.0470. The maximum Gasteiger partial charge on any atom is 0.0447 e. The molecule has 0 aliphatic carbocycles. The summed E-state index contributed by atoms with van der Waals surface area (Å²) in [5, 5.41) is 0. The molecule has 0 saturated heterocycles. The lowest BCUT2D eigenvalue weighted by molar-refractivity contribution is 0.641. The molecular formula is C14H17NS. The number of likely N-dealkylation sites (N-methyl/N-ethyl adjacent to an activating group) is 1. The van der Waals surface area contributed by atoms with Gasteiger partial charge in [0.05, 0.1) is 0 Å². The fraction of sp³-hybridized carbons (Fsp3) is 0.357. The van der Waals surface area contributed by atoms with E-state index >= 15 is 0 Å². The molecule has 1 aromatic rings. The number of rotatable bonds is 1. The molecule has 0 radical (unpaired) electrons. The normalized spacial score (nSPS) is 20.0. The number of allylic oxidation sites excluding steroid dienone is 2. The van der Waals surface area contributed by atoms with Crippen molar-refractivity contribution >= 4 is 22.8 Å². The van der Waals surface area contributed by atoms with Crippen molar-refractivity contribution in [3.63, 3.8) is 0 Å². The lowest BCUT2D eigenvalue weighted by Gasteiger charge is -2.24. The Morgan fingerprint density at radius 1 is 1.31 bits per heavy atom. The highest BCUT2D eigenvalue weighted by Gasteiger charge is 2.37. The summed E-state index contributed by atoms with van der Waals surface area (Å²) in [4.78, 5) is 3.17. The predicted octanol–water partition coefficient (Wildman–Crippen LogP) is 3.69. The summed E-state index contributed by atoms with van der Waals surface area (Å²) in [5.74, 6) is 0. The van der Waals surface area contributed by atoms with Crippen LogP contribution in [0.4, 0.5) is 5.69 Å². The molecule has 1 aliphatic rings. The van der Waals surface area contributed by atoms with Crippen molar-refractivity contribution in [3.8, 4) is 0 Å². The van der Waals surface area contributed by atoms with Crippen LogP contribution in [0.1, 0.15) is 26.3 Å². The maximum atomic E-state index is 5.20. The van der Waals surface area contributed by atoms with Gasteiger partial charge in [-0.1, -0.05) is 44.3 Å². The summed E-state index contributed by atoms with van der Waals surface area (Å²) in [6.45, 7) is 6.47. The first-order chi connectivity index (χ1) is 7.44. The zero-order chi connectivity index (χ0) is 11.9. The smallest absolute Gasteiger partial charge is 0.0447 e. The van der Waals surface area contributed by atoms with Gasteiger partial charge in [0.25, 0.3) is 0 Å². The third kappa shape index (κ3) is 1.57. The first-order valence-corrected chi connectivity index (χ1v) is 5.91. The molecule has 1 heterocycles. The minimum Gasteiger partial charge on any atom is -0.347 e. The van der Waals surface area contributed by atoms with Crippen molar-refractivity contribution in [2.75, 3.05) is 11.9 Å². The summed E-state index contributed by atoms with van der Waals surface area (Å²) in [6.07, 6.45) is 2.11. The standard InChI is InChI=1S/C14H17NS/c1-10(16)9-13-14(2,3)11-7-5-6-8-12(11)15(13)4/h5-9H,1-4H3. The summed E-state index contributed by atoms with van der Waals surface area (Å²) in [7, 11) is 2.11. The first kappa shape index (κ1) is 11.3. The van der Waals surface area contributed by atoms with Crippen molar-refractivity contribution < 1.29 is 0 Å². The van der Waals surface area contributed by atoms with E-state index in [0.29, 0.717) is 0 Å². The fourth-order valence-corrected chi connectivity index (χ4v) is 2.56. The van der Waals surface area contributed by atoms with E-state index in [1.807, 2.05) is 6.92 Å². The van der Waals surface area contributed by atoms with E-state index in [1.165, 1.54) is 16.9 Å². The van der Waals surface area contributed by atoms with Crippen LogP contribution in [-0.4, -0.2) is 11.9 Å². The zero-order valence-corrected chi connectivity index (χ0v) is 11.1. The van der Waals surface area contributed by atoms with E-state index < -0.39 is 0 Å². The Hall–Kier alpha value is -1.15. The number of benzene rings is 1. The number of anilines is 1. The monoisotopic (exact) mass is 231 g/mol. The van der Waals surface area contributed by atoms with Gasteiger partial charge in [-0.3, -0.25) is 0 Å². The second kappa shape index (κ2) is 3.70. The van der Waals surface area contributed by atoms with Gasteiger partial charge in [0.1, 0.15) is 0 Å². The molecule has 0 fully saturated rings. The van der Waals surface area contributed by atoms with E-state index in [1.54, 1.807) is 0 Å². The summed E-state index contributed by atoms with van der Waals surface area (Å²) >= 11 is 5.20. The van der Waals surface area contributed by atoms with Crippen molar-refractivity contribution in [3.05, 3.63) is 41.6 Å². The summed E-state index contributed by atoms with van der Waals surface area (Å²) < 4.78 is 0. The summed E-state index contributed by atoms with van der Waals surface area (Å²) in [6, 6.07) is 8.54. The van der Waals surface area contributed by atoms with Crippen LogP contribution < -0.4 is 4.90 Å². The Morgan fingerprint density at radius 3 is 2.50 bits per heavy atom. The molecule has 1 aliphatic heterocycles. The maximum absolute atomic E-state index is 5.20. The molecule has 0 atom stereocenters. The molecule has 1 aromatic carbocycles. The Kier molecular flexibility index (Phi) is 2.62. The van der Waals surface area contributed by atoms with E-state index in [-0.39, 0.29) is 5.41 Å². The van der Waals surface area contributed by atoms with Gasteiger partial charge in [-0.15, -0.1) is 0 Å². The first-order valence-electron chi connectivity index (χ1n) is 5.50. The molecule has 0 aromatic heterocycles. The van der Waals surface area contributed by atoms with Gasteiger partial charge in [-0.2, -0.15) is 0 Å². The third-order valence-electron chi connectivity index (χ3n) is 3.28. The van der Waals surface area contributed by atoms with Crippen molar-refractivity contribution in [1.29, 1.82) is 0 Å². The van der Waals surface area contributed by atoms with Gasteiger partial charge in [0.15, 0.2) is 0 Å². The highest BCUT2D eigenvalue weighted by atomic mass is 32.1. The van der Waals surface area contributed by atoms with Gasteiger partial charge in [0, 0.05) is 28.7 Å². The van der Waals surface area contributed by atoms with Crippen LogP contribution in [0.3, 0.4) is 0 Å². The molecule has 2 rings (SSSR count). The van der Waals surface area contributed by atoms with Crippen LogP contribution >= 0.6 is 12.2 Å². The van der Waals surface area contributed by atoms with Gasteiger partial charge >= 0.3 is 0 Å². The molecule has 0 spiro atoms. The summed E-state index contributed by atoms with van der Waals surface area (Å²) in [5.41, 5.74) is 3.99. The van der Waals surface area contributed by atoms with Crippen LogP contribution in [0.2, 0.25) is 0 Å². The van der Waals surface area contributed by atoms with Crippen LogP contribution in [0.15, 0.2) is 36.0 Å². The number of nitrogens with zero attached hydrogens (tertiary/aromatic N) is 1. The topological polar surface area (TPSA) is 3.24 Å². The van der Waals surface area contributed by atoms with Gasteiger partial charge in [-0.05, 0) is 24.6 Å². The number of fused-ring (bicyclic) bond motifs is 1. The average Bonchev–Trinajstić information content (AvgIpc) is 2.41. The number of thiocarbonyl (C=S) groups is 1. The second-order valence-electron chi connectivity index (χ2n) is 4.84. The number of hydrogen-bond donors (Lipinski definition) is 0. The molecule has 0 bridgehead atoms. The molecule has 2 heteroatoms. The Balaban J connectivity index is 2.62. The Bertz CT molecular complexity index is 471. The average molecular weight is 231 g/mol. The molecule has 0 unspecified atom stereocenters. The fourth-order valence-electron chi connectivity index (χ4n) is 2.45. The van der Waals surface area contributed by atoms with Gasteiger partial charge in [0.2, 0.25) is 0 Å². The van der Waals surface area contributed by atoms with Gasteiger partial charge in [-0.25, -0.2) is 0 Å². The van der Waals surface area contributed by atoms with E-state index in [0.717, 1.165) is 4.86 Å². The van der Waals surface area contributed by atoms with Crippen molar-refractivity contribution in [1.82, 2.24) is 0 Å². The predicted molar refractivity (Wildman–Crippen MR) is 74.2 cm³/mol. The van der Waals surface area contributed by atoms with Gasteiger partial charge < -0.3 is 4.90 Å². The molecule has 1 nitrogen and oxygen atoms in total. The van der Waals surface area contributed by atoms with Crippen molar-refractivity contribution in [2.24, 2.45) is 0 Å². The number of hydrogen-bond acceptors (Lipinski definition) is 2. The Morgan fingerprint density at radius 2 is 1.94 bits per heavy atom. The van der Waals surface area contributed by atoms with Crippen LogP contribution in [-0.2, 0) is 5.41 Å². The van der Waals surface area contributed by atoms with E-state index in [9.17, 15) is 0 Å². The van der Waals surface area contributed by atoms with E-state index in [4.69, 9.17) is 12.2 Å². The lowest BCUT2D eigenvalue weighted by Crippen LogP contribution is -2.23. The third-order valence-corrected chi connectivity index (χ3v) is 3.40. The lowest BCUT2D eigenvalue weighted by atomic mass is 9.83. The van der Waals surface area contributed by atoms with Crippen LogP contribution in [0.5, 0.6) is 0 Å². The molecule has 0 N–H and O–H groups in total. The van der Waals surface area contributed by atoms with Crippen LogP contribution in [0.25, 0.3) is 0 Å². The quantitative estimate of drug-likeness (QED) is 0.535. The Labute approximate surface area is 103 Å². The second-order valence-corrected chi connectivity index (χ2v) is 5.49. The van der Waals surface area contributed by atoms with Crippen LogP contribution in [0, 0.1) is 0 Å². The highest BCUT2D eigenvalue weighted by Crippen LogP contribution is 2.46. The zero-order valence-electron chi connectivity index (χ0n) is 10.2.